The zero-order chi connectivity index (χ0) is 20.5. The van der Waals surface area contributed by atoms with E-state index in [2.05, 4.69) is 53.1 Å². The largest absolute Gasteiger partial charge is 0.355 e. The van der Waals surface area contributed by atoms with Crippen LogP contribution < -0.4 is 10.6 Å². The highest BCUT2D eigenvalue weighted by Gasteiger charge is 2.32. The van der Waals surface area contributed by atoms with Gasteiger partial charge in [-0.25, -0.2) is 0 Å². The Bertz CT molecular complexity index is 497. The van der Waals surface area contributed by atoms with Crippen molar-refractivity contribution in [3.05, 3.63) is 0 Å². The minimum atomic E-state index is 0.280. The third kappa shape index (κ3) is 6.64. The van der Waals surface area contributed by atoms with Gasteiger partial charge in [0.05, 0.1) is 0 Å². The summed E-state index contributed by atoms with van der Waals surface area (Å²) in [5.41, 5.74) is 0. The van der Waals surface area contributed by atoms with Crippen molar-refractivity contribution < 1.29 is 4.79 Å². The van der Waals surface area contributed by atoms with E-state index in [1.54, 1.807) is 0 Å². The minimum Gasteiger partial charge on any atom is -0.355 e. The van der Waals surface area contributed by atoms with Crippen molar-refractivity contribution >= 4 is 11.9 Å². The molecule has 28 heavy (non-hydrogen) atoms. The number of nitrogens with one attached hydrogen (secondary N) is 2. The summed E-state index contributed by atoms with van der Waals surface area (Å²) >= 11 is 0. The fourth-order valence-electron chi connectivity index (χ4n) is 4.76. The number of carbonyl (C=O) groups is 1. The van der Waals surface area contributed by atoms with E-state index >= 15 is 0 Å². The summed E-state index contributed by atoms with van der Waals surface area (Å²) in [7, 11) is 1.83. The van der Waals surface area contributed by atoms with Crippen molar-refractivity contribution in [2.75, 3.05) is 39.8 Å². The Morgan fingerprint density at radius 1 is 1.18 bits per heavy atom. The molecule has 0 spiro atoms. The zero-order valence-corrected chi connectivity index (χ0v) is 18.8. The number of guanidine groups is 1. The molecule has 2 N–H and O–H groups in total. The topological polar surface area (TPSA) is 60.0 Å². The summed E-state index contributed by atoms with van der Waals surface area (Å²) in [6.07, 6.45) is 6.78. The summed E-state index contributed by atoms with van der Waals surface area (Å²) in [4.78, 5) is 21.7. The molecule has 1 saturated carbocycles. The van der Waals surface area contributed by atoms with Crippen LogP contribution in [-0.4, -0.2) is 73.5 Å². The van der Waals surface area contributed by atoms with Crippen LogP contribution in [0.15, 0.2) is 4.99 Å². The maximum atomic E-state index is 12.7. The lowest BCUT2D eigenvalue weighted by Crippen LogP contribution is -2.50. The highest BCUT2D eigenvalue weighted by molar-refractivity contribution is 5.81. The van der Waals surface area contributed by atoms with Gasteiger partial charge in [-0.15, -0.1) is 0 Å². The molecule has 0 bridgehead atoms. The molecule has 1 heterocycles. The van der Waals surface area contributed by atoms with Gasteiger partial charge >= 0.3 is 0 Å². The van der Waals surface area contributed by atoms with E-state index in [0.717, 1.165) is 57.9 Å². The molecule has 2 unspecified atom stereocenters. The molecule has 1 saturated heterocycles. The van der Waals surface area contributed by atoms with Gasteiger partial charge in [0.1, 0.15) is 0 Å². The predicted octanol–water partition coefficient (Wildman–Crippen LogP) is 2.70. The second kappa shape index (κ2) is 11.6. The summed E-state index contributed by atoms with van der Waals surface area (Å²) in [5.74, 6) is 2.19. The van der Waals surface area contributed by atoms with Crippen LogP contribution in [0.1, 0.15) is 66.2 Å². The van der Waals surface area contributed by atoms with Crippen LogP contribution in [0.25, 0.3) is 0 Å². The number of rotatable bonds is 9. The Balaban J connectivity index is 1.82. The summed E-state index contributed by atoms with van der Waals surface area (Å²) in [6, 6.07) is 0.811. The lowest BCUT2D eigenvalue weighted by molar-refractivity contribution is -0.134. The number of aliphatic imine (C=N–C) groups is 1. The molecule has 1 amide bonds. The van der Waals surface area contributed by atoms with Gasteiger partial charge in [0.25, 0.3) is 0 Å². The van der Waals surface area contributed by atoms with E-state index in [1.807, 2.05) is 7.05 Å². The standard InChI is InChI=1S/C22H43N5O/c1-6-26(7-2)20(14-17(3)4)15-24-22(23-5)25-19-12-13-27(16-19)21(28)18-10-8-9-11-18/h17-20H,6-16H2,1-5H3,(H2,23,24,25). The van der Waals surface area contributed by atoms with Crippen molar-refractivity contribution in [2.24, 2.45) is 16.8 Å². The van der Waals surface area contributed by atoms with Crippen LogP contribution in [0.2, 0.25) is 0 Å². The van der Waals surface area contributed by atoms with E-state index < -0.39 is 0 Å². The second-order valence-electron chi connectivity index (χ2n) is 8.85. The number of likely N-dealkylation sites (N-methyl/N-ethyl adjacent to an activating group) is 1. The molecule has 0 aromatic carbocycles. The maximum absolute atomic E-state index is 12.7. The van der Waals surface area contributed by atoms with Crippen LogP contribution in [-0.2, 0) is 4.79 Å². The van der Waals surface area contributed by atoms with E-state index in [4.69, 9.17) is 0 Å². The molecule has 0 radical (unpaired) electrons. The maximum Gasteiger partial charge on any atom is 0.225 e. The lowest BCUT2D eigenvalue weighted by Gasteiger charge is -2.32. The molecule has 6 nitrogen and oxygen atoms in total. The number of hydrogen-bond donors (Lipinski definition) is 2. The normalized spacial score (nSPS) is 22.3. The average Bonchev–Trinajstić information content (AvgIpc) is 3.36. The van der Waals surface area contributed by atoms with Gasteiger partial charge in [-0.3, -0.25) is 14.7 Å². The Hall–Kier alpha value is -1.30. The number of hydrogen-bond acceptors (Lipinski definition) is 3. The van der Waals surface area contributed by atoms with Crippen molar-refractivity contribution in [1.29, 1.82) is 0 Å². The van der Waals surface area contributed by atoms with E-state index in [9.17, 15) is 4.79 Å². The van der Waals surface area contributed by atoms with Crippen LogP contribution in [0.5, 0.6) is 0 Å². The molecule has 2 atom stereocenters. The zero-order valence-electron chi connectivity index (χ0n) is 18.8. The highest BCUT2D eigenvalue weighted by Crippen LogP contribution is 2.27. The Kier molecular flexibility index (Phi) is 9.56. The van der Waals surface area contributed by atoms with Crippen molar-refractivity contribution in [1.82, 2.24) is 20.4 Å². The molecule has 6 heteroatoms. The highest BCUT2D eigenvalue weighted by atomic mass is 16.2. The van der Waals surface area contributed by atoms with Crippen LogP contribution in [0.4, 0.5) is 0 Å². The quantitative estimate of drug-likeness (QED) is 0.467. The van der Waals surface area contributed by atoms with Crippen LogP contribution in [0, 0.1) is 11.8 Å². The Labute approximate surface area is 172 Å². The van der Waals surface area contributed by atoms with Gasteiger partial charge in [0, 0.05) is 44.7 Å². The van der Waals surface area contributed by atoms with Crippen LogP contribution >= 0.6 is 0 Å². The summed E-state index contributed by atoms with van der Waals surface area (Å²) in [6.45, 7) is 13.8. The van der Waals surface area contributed by atoms with Gasteiger partial charge in [0.15, 0.2) is 5.96 Å². The first-order valence-electron chi connectivity index (χ1n) is 11.5. The van der Waals surface area contributed by atoms with E-state index in [-0.39, 0.29) is 5.92 Å². The number of nitrogens with zero attached hydrogens (tertiary/aromatic N) is 3. The first-order chi connectivity index (χ1) is 13.5. The van der Waals surface area contributed by atoms with Gasteiger partial charge in [-0.1, -0.05) is 40.5 Å². The van der Waals surface area contributed by atoms with Crippen molar-refractivity contribution in [2.45, 2.75) is 78.3 Å². The number of amides is 1. The fourth-order valence-corrected chi connectivity index (χ4v) is 4.76. The predicted molar refractivity (Wildman–Crippen MR) is 118 cm³/mol. The molecule has 2 aliphatic rings. The molecule has 162 valence electrons. The fraction of sp³-hybridized carbons (Fsp3) is 0.909. The molecule has 1 aliphatic carbocycles. The smallest absolute Gasteiger partial charge is 0.225 e. The number of likely N-dealkylation sites (tertiary alicyclic amines) is 1. The lowest BCUT2D eigenvalue weighted by atomic mass is 10.0. The summed E-state index contributed by atoms with van der Waals surface area (Å²) in [5, 5.41) is 7.10. The monoisotopic (exact) mass is 393 g/mol. The van der Waals surface area contributed by atoms with Crippen molar-refractivity contribution in [3.63, 3.8) is 0 Å². The Morgan fingerprint density at radius 2 is 1.86 bits per heavy atom. The molecular formula is C22H43N5O. The molecule has 2 fully saturated rings. The SMILES string of the molecule is CCN(CC)C(CNC(=NC)NC1CCN(C(=O)C2CCCC2)C1)CC(C)C. The third-order valence-electron chi connectivity index (χ3n) is 6.35. The Morgan fingerprint density at radius 3 is 2.43 bits per heavy atom. The van der Waals surface area contributed by atoms with Gasteiger partial charge in [-0.05, 0) is 44.7 Å². The first-order valence-corrected chi connectivity index (χ1v) is 11.5. The molecule has 1 aliphatic heterocycles. The van der Waals surface area contributed by atoms with Crippen LogP contribution in [0.3, 0.4) is 0 Å². The van der Waals surface area contributed by atoms with Gasteiger partial charge < -0.3 is 15.5 Å². The van der Waals surface area contributed by atoms with E-state index in [0.29, 0.717) is 23.9 Å². The minimum absolute atomic E-state index is 0.280. The average molecular weight is 394 g/mol. The number of carbonyl (C=O) groups excluding carboxylic acids is 1. The van der Waals surface area contributed by atoms with Gasteiger partial charge in [0.2, 0.25) is 5.91 Å². The van der Waals surface area contributed by atoms with Crippen molar-refractivity contribution in [3.8, 4) is 0 Å². The molecular weight excluding hydrogens is 350 g/mol. The first kappa shape index (κ1) is 23.0. The molecule has 0 aromatic heterocycles. The molecule has 2 rings (SSSR count). The third-order valence-corrected chi connectivity index (χ3v) is 6.35. The van der Waals surface area contributed by atoms with Gasteiger partial charge in [-0.2, -0.15) is 0 Å². The second-order valence-corrected chi connectivity index (χ2v) is 8.85. The summed E-state index contributed by atoms with van der Waals surface area (Å²) < 4.78 is 0. The van der Waals surface area contributed by atoms with E-state index in [1.165, 1.54) is 19.3 Å². The molecule has 0 aromatic rings.